The Kier molecular flexibility index (Phi) is 6.06. The second-order valence-electron chi connectivity index (χ2n) is 6.39. The van der Waals surface area contributed by atoms with Crippen LogP contribution in [0.15, 0.2) is 30.3 Å². The van der Waals surface area contributed by atoms with Crippen LogP contribution in [-0.2, 0) is 16.1 Å². The number of hydrogen-bond acceptors (Lipinski definition) is 6. The summed E-state index contributed by atoms with van der Waals surface area (Å²) in [6, 6.07) is 9.18. The molecule has 3 aromatic rings. The monoisotopic (exact) mass is 398 g/mol. The number of carbonyl (C=O) groups is 2. The van der Waals surface area contributed by atoms with Crippen LogP contribution in [0.4, 0.5) is 5.69 Å². The first kappa shape index (κ1) is 20.0. The van der Waals surface area contributed by atoms with Gasteiger partial charge in [0.05, 0.1) is 18.9 Å². The highest BCUT2D eigenvalue weighted by atomic mass is 32.1. The maximum Gasteiger partial charge on any atom is 0.350 e. The molecule has 2 aromatic heterocycles. The molecule has 0 aliphatic carbocycles. The Hall–Kier alpha value is -2.77. The van der Waals surface area contributed by atoms with E-state index in [1.165, 1.54) is 11.3 Å². The van der Waals surface area contributed by atoms with E-state index < -0.39 is 5.97 Å². The van der Waals surface area contributed by atoms with Crippen LogP contribution in [0.3, 0.4) is 0 Å². The summed E-state index contributed by atoms with van der Waals surface area (Å²) in [5.74, 6) is -0.774. The van der Waals surface area contributed by atoms with E-state index in [0.717, 1.165) is 16.8 Å². The molecule has 0 spiro atoms. The van der Waals surface area contributed by atoms with Crippen molar-refractivity contribution >= 4 is 39.1 Å². The minimum Gasteiger partial charge on any atom is -0.462 e. The zero-order chi connectivity index (χ0) is 20.3. The van der Waals surface area contributed by atoms with Crippen LogP contribution >= 0.6 is 11.3 Å². The van der Waals surface area contributed by atoms with E-state index in [0.29, 0.717) is 33.0 Å². The molecule has 146 valence electrons. The van der Waals surface area contributed by atoms with Gasteiger partial charge in [-0.3, -0.25) is 4.79 Å². The molecule has 7 heteroatoms. The number of nitrogens with one attached hydrogen (secondary N) is 1. The van der Waals surface area contributed by atoms with Gasteiger partial charge in [-0.1, -0.05) is 17.7 Å². The summed E-state index contributed by atoms with van der Waals surface area (Å²) in [5.41, 5.74) is 3.59. The van der Waals surface area contributed by atoms with Crippen LogP contribution in [0.25, 0.3) is 10.2 Å². The van der Waals surface area contributed by atoms with Gasteiger partial charge in [0.25, 0.3) is 5.91 Å². The second kappa shape index (κ2) is 8.50. The number of aryl methyl sites for hydroxylation is 2. The smallest absolute Gasteiger partial charge is 0.350 e. The van der Waals surface area contributed by atoms with E-state index in [9.17, 15) is 9.59 Å². The van der Waals surface area contributed by atoms with E-state index in [1.54, 1.807) is 26.2 Å². The van der Waals surface area contributed by atoms with Crippen LogP contribution in [0.2, 0.25) is 0 Å². The lowest BCUT2D eigenvalue weighted by atomic mass is 10.1. The number of methoxy groups -OCH3 is 1. The van der Waals surface area contributed by atoms with Crippen LogP contribution in [0.5, 0.6) is 0 Å². The molecule has 28 heavy (non-hydrogen) atoms. The highest BCUT2D eigenvalue weighted by Crippen LogP contribution is 2.38. The largest absolute Gasteiger partial charge is 0.462 e. The molecule has 1 N–H and O–H groups in total. The second-order valence-corrected chi connectivity index (χ2v) is 7.39. The molecular formula is C21H22N2O4S. The van der Waals surface area contributed by atoms with Crippen molar-refractivity contribution in [1.82, 2.24) is 4.98 Å². The molecule has 2 heterocycles. The highest BCUT2D eigenvalue weighted by Gasteiger charge is 2.24. The number of thiophene rings is 1. The number of hydrogen-bond donors (Lipinski definition) is 1. The fraction of sp³-hybridized carbons (Fsp3) is 0.286. The SMILES string of the molecule is CCOC(=O)c1sc2nc(C)cc(COC)c2c1NC(=O)c1cccc(C)c1. The standard InChI is InChI=1S/C21H22N2O4S/c1-5-27-21(25)18-17(23-19(24)14-8-6-7-12(2)9-14)16-15(11-26-4)10-13(3)22-20(16)28-18/h6-10H,5,11H2,1-4H3,(H,23,24). The number of pyridine rings is 1. The number of carbonyl (C=O) groups excluding carboxylic acids is 2. The third-order valence-corrected chi connectivity index (χ3v) is 5.21. The third-order valence-electron chi connectivity index (χ3n) is 4.15. The van der Waals surface area contributed by atoms with Gasteiger partial charge in [-0.2, -0.15) is 0 Å². The van der Waals surface area contributed by atoms with Crippen molar-refractivity contribution in [3.8, 4) is 0 Å². The number of esters is 1. The maximum atomic E-state index is 12.9. The number of amides is 1. The molecule has 0 aliphatic rings. The molecule has 1 amide bonds. The first-order valence-electron chi connectivity index (χ1n) is 8.91. The fourth-order valence-corrected chi connectivity index (χ4v) is 4.13. The number of nitrogens with zero attached hydrogens (tertiary/aromatic N) is 1. The number of rotatable bonds is 6. The molecule has 0 fully saturated rings. The highest BCUT2D eigenvalue weighted by molar-refractivity contribution is 7.21. The normalized spacial score (nSPS) is 10.9. The summed E-state index contributed by atoms with van der Waals surface area (Å²) in [6.45, 7) is 6.13. The van der Waals surface area contributed by atoms with Gasteiger partial charge in [0.2, 0.25) is 0 Å². The summed E-state index contributed by atoms with van der Waals surface area (Å²) in [5, 5.41) is 3.62. The number of ether oxygens (including phenoxy) is 2. The Morgan fingerprint density at radius 2 is 2.00 bits per heavy atom. The van der Waals surface area contributed by atoms with Crippen LogP contribution in [0, 0.1) is 13.8 Å². The van der Waals surface area contributed by atoms with Gasteiger partial charge in [-0.25, -0.2) is 9.78 Å². The van der Waals surface area contributed by atoms with E-state index in [-0.39, 0.29) is 12.5 Å². The quantitative estimate of drug-likeness (QED) is 0.619. The Balaban J connectivity index is 2.15. The molecule has 0 bridgehead atoms. The summed E-state index contributed by atoms with van der Waals surface area (Å²) >= 11 is 1.21. The lowest BCUT2D eigenvalue weighted by Gasteiger charge is -2.10. The Bertz CT molecular complexity index is 1040. The number of anilines is 1. The van der Waals surface area contributed by atoms with Crippen LogP contribution in [0.1, 0.15) is 43.8 Å². The van der Waals surface area contributed by atoms with Gasteiger partial charge >= 0.3 is 5.97 Å². The van der Waals surface area contributed by atoms with E-state index >= 15 is 0 Å². The zero-order valence-electron chi connectivity index (χ0n) is 16.3. The average Bonchev–Trinajstić information content (AvgIpc) is 3.00. The predicted octanol–water partition coefficient (Wildman–Crippen LogP) is 4.49. The molecule has 0 unspecified atom stereocenters. The van der Waals surface area contributed by atoms with Crippen molar-refractivity contribution in [1.29, 1.82) is 0 Å². The predicted molar refractivity (Wildman–Crippen MR) is 110 cm³/mol. The average molecular weight is 398 g/mol. The topological polar surface area (TPSA) is 77.5 Å². The summed E-state index contributed by atoms with van der Waals surface area (Å²) in [7, 11) is 1.60. The summed E-state index contributed by atoms with van der Waals surface area (Å²) in [6.07, 6.45) is 0. The number of aromatic nitrogens is 1. The van der Waals surface area contributed by atoms with E-state index in [4.69, 9.17) is 9.47 Å². The molecule has 1 aromatic carbocycles. The number of fused-ring (bicyclic) bond motifs is 1. The first-order valence-corrected chi connectivity index (χ1v) is 9.73. The Morgan fingerprint density at radius 1 is 1.21 bits per heavy atom. The van der Waals surface area contributed by atoms with Crippen LogP contribution < -0.4 is 5.32 Å². The van der Waals surface area contributed by atoms with Crippen molar-refractivity contribution < 1.29 is 19.1 Å². The first-order chi connectivity index (χ1) is 13.4. The van der Waals surface area contributed by atoms with Crippen LogP contribution in [-0.4, -0.2) is 30.6 Å². The van der Waals surface area contributed by atoms with Crippen molar-refractivity contribution in [2.45, 2.75) is 27.4 Å². The van der Waals surface area contributed by atoms with Gasteiger partial charge in [0, 0.05) is 23.8 Å². The molecule has 0 saturated carbocycles. The van der Waals surface area contributed by atoms with E-state index in [1.807, 2.05) is 32.0 Å². The van der Waals surface area contributed by atoms with Gasteiger partial charge in [0.1, 0.15) is 9.71 Å². The van der Waals surface area contributed by atoms with Crippen molar-refractivity contribution in [2.75, 3.05) is 19.0 Å². The molecule has 0 saturated heterocycles. The molecule has 0 aliphatic heterocycles. The van der Waals surface area contributed by atoms with Crippen molar-refractivity contribution in [3.63, 3.8) is 0 Å². The number of benzene rings is 1. The fourth-order valence-electron chi connectivity index (χ4n) is 3.01. The van der Waals surface area contributed by atoms with E-state index in [2.05, 4.69) is 10.3 Å². The molecule has 6 nitrogen and oxygen atoms in total. The van der Waals surface area contributed by atoms with Gasteiger partial charge in [-0.05, 0) is 44.5 Å². The summed E-state index contributed by atoms with van der Waals surface area (Å²) < 4.78 is 10.5. The van der Waals surface area contributed by atoms with Gasteiger partial charge in [0.15, 0.2) is 0 Å². The Morgan fingerprint density at radius 3 is 2.68 bits per heavy atom. The molecule has 0 atom stereocenters. The molecule has 0 radical (unpaired) electrons. The minimum atomic E-state index is -0.480. The molecular weight excluding hydrogens is 376 g/mol. The zero-order valence-corrected chi connectivity index (χ0v) is 17.1. The maximum absolute atomic E-state index is 12.9. The molecule has 3 rings (SSSR count). The lowest BCUT2D eigenvalue weighted by molar-refractivity contribution is 0.0533. The van der Waals surface area contributed by atoms with Gasteiger partial charge in [-0.15, -0.1) is 11.3 Å². The third kappa shape index (κ3) is 4.05. The van der Waals surface area contributed by atoms with Crippen molar-refractivity contribution in [3.05, 3.63) is 57.6 Å². The van der Waals surface area contributed by atoms with Gasteiger partial charge < -0.3 is 14.8 Å². The minimum absolute atomic E-state index is 0.246. The summed E-state index contributed by atoms with van der Waals surface area (Å²) in [4.78, 5) is 30.9. The Labute approximate surface area is 167 Å². The lowest BCUT2D eigenvalue weighted by Crippen LogP contribution is -2.15. The van der Waals surface area contributed by atoms with Crippen molar-refractivity contribution in [2.24, 2.45) is 0 Å².